The van der Waals surface area contributed by atoms with E-state index >= 15 is 0 Å². The van der Waals surface area contributed by atoms with Crippen molar-refractivity contribution in [3.8, 4) is 22.7 Å². The largest absolute Gasteiger partial charge is 0.456 e. The van der Waals surface area contributed by atoms with Crippen LogP contribution in [0.25, 0.3) is 39.3 Å². The van der Waals surface area contributed by atoms with E-state index in [2.05, 4.69) is 47.9 Å². The monoisotopic (exact) mass is 566 g/mol. The van der Waals surface area contributed by atoms with E-state index in [9.17, 15) is 0 Å². The Labute approximate surface area is 241 Å². The lowest BCUT2D eigenvalue weighted by Gasteiger charge is -2.33. The average molecular weight is 567 g/mol. The first-order valence-corrected chi connectivity index (χ1v) is 14.4. The van der Waals surface area contributed by atoms with Crippen LogP contribution in [0.4, 0.5) is 17.5 Å². The number of rotatable bonds is 6. The quantitative estimate of drug-likeness (QED) is 0.256. The number of aromatic nitrogens is 5. The first-order valence-electron chi connectivity index (χ1n) is 13.2. The smallest absolute Gasteiger partial charge is 0.227 e. The Morgan fingerprint density at radius 2 is 1.76 bits per heavy atom. The van der Waals surface area contributed by atoms with Crippen molar-refractivity contribution in [1.82, 2.24) is 28.6 Å². The van der Waals surface area contributed by atoms with Crippen LogP contribution in [0.2, 0.25) is 0 Å². The molecule has 1 aliphatic rings. The van der Waals surface area contributed by atoms with Crippen LogP contribution in [0.15, 0.2) is 89.9 Å². The first kappa shape index (κ1) is 26.8. The zero-order chi connectivity index (χ0) is 28.2. The van der Waals surface area contributed by atoms with Crippen LogP contribution >= 0.6 is 11.9 Å². The van der Waals surface area contributed by atoms with Gasteiger partial charge in [-0.1, -0.05) is 30.1 Å². The number of hydrogen-bond donors (Lipinski definition) is 2. The molecule has 5 aromatic heterocycles. The third kappa shape index (κ3) is 5.60. The van der Waals surface area contributed by atoms with Gasteiger partial charge in [0, 0.05) is 56.6 Å². The molecule has 0 radical (unpaired) electrons. The second-order valence-corrected chi connectivity index (χ2v) is 10.2. The molecule has 208 valence electrons. The molecule has 0 saturated carbocycles. The van der Waals surface area contributed by atoms with Crippen molar-refractivity contribution in [2.75, 3.05) is 49.8 Å². The number of para-hydroxylation sites is 1. The zero-order valence-electron chi connectivity index (χ0n) is 22.8. The van der Waals surface area contributed by atoms with Crippen LogP contribution in [0, 0.1) is 0 Å². The minimum atomic E-state index is 0.499. The highest BCUT2D eigenvalue weighted by molar-refractivity contribution is 7.96. The number of benzene rings is 1. The van der Waals surface area contributed by atoms with Crippen molar-refractivity contribution < 1.29 is 9.52 Å². The summed E-state index contributed by atoms with van der Waals surface area (Å²) in [7, 11) is 1.00. The SMILES string of the molecule is CO.CSN1CCN(c2ccc(Nc3nccc(-c4cnc5ccc(-c6cc7ccccc7o6)cn45)n3)cn2)CC1. The highest BCUT2D eigenvalue weighted by atomic mass is 32.2. The van der Waals surface area contributed by atoms with Gasteiger partial charge in [-0.2, -0.15) is 0 Å². The molecule has 0 aliphatic carbocycles. The van der Waals surface area contributed by atoms with Gasteiger partial charge in [0.1, 0.15) is 22.8 Å². The van der Waals surface area contributed by atoms with E-state index in [4.69, 9.17) is 14.5 Å². The van der Waals surface area contributed by atoms with E-state index < -0.39 is 0 Å². The molecule has 41 heavy (non-hydrogen) atoms. The second-order valence-electron chi connectivity index (χ2n) is 9.33. The Kier molecular flexibility index (Phi) is 7.81. The summed E-state index contributed by atoms with van der Waals surface area (Å²) in [5.41, 5.74) is 5.13. The molecule has 6 aromatic rings. The minimum absolute atomic E-state index is 0.499. The fraction of sp³-hybridized carbons (Fsp3) is 0.200. The zero-order valence-corrected chi connectivity index (χ0v) is 23.6. The molecule has 1 fully saturated rings. The minimum Gasteiger partial charge on any atom is -0.456 e. The maximum absolute atomic E-state index is 7.00. The fourth-order valence-electron chi connectivity index (χ4n) is 4.88. The van der Waals surface area contributed by atoms with Crippen LogP contribution in [0.3, 0.4) is 0 Å². The normalized spacial score (nSPS) is 13.8. The number of anilines is 3. The predicted molar refractivity (Wildman–Crippen MR) is 164 cm³/mol. The molecule has 0 atom stereocenters. The number of piperazine rings is 1. The van der Waals surface area contributed by atoms with E-state index in [1.54, 1.807) is 18.1 Å². The van der Waals surface area contributed by atoms with Gasteiger partial charge >= 0.3 is 0 Å². The molecule has 10 nitrogen and oxygen atoms in total. The number of fused-ring (bicyclic) bond motifs is 2. The van der Waals surface area contributed by atoms with Gasteiger partial charge in [-0.15, -0.1) is 0 Å². The van der Waals surface area contributed by atoms with E-state index in [0.29, 0.717) is 5.95 Å². The average Bonchev–Trinajstić information content (AvgIpc) is 3.67. The molecule has 11 heteroatoms. The summed E-state index contributed by atoms with van der Waals surface area (Å²) >= 11 is 1.80. The molecular formula is C30H30N8O2S. The summed E-state index contributed by atoms with van der Waals surface area (Å²) in [6.07, 6.45) is 9.57. The number of imidazole rings is 1. The Bertz CT molecular complexity index is 1730. The highest BCUT2D eigenvalue weighted by Crippen LogP contribution is 2.29. The van der Waals surface area contributed by atoms with Gasteiger partial charge in [-0.05, 0) is 48.7 Å². The van der Waals surface area contributed by atoms with Crippen LogP contribution in [0.1, 0.15) is 0 Å². The van der Waals surface area contributed by atoms with Gasteiger partial charge in [0.25, 0.3) is 0 Å². The van der Waals surface area contributed by atoms with Gasteiger partial charge in [-0.3, -0.25) is 4.40 Å². The number of nitrogens with zero attached hydrogens (tertiary/aromatic N) is 7. The van der Waals surface area contributed by atoms with Crippen molar-refractivity contribution in [3.63, 3.8) is 0 Å². The van der Waals surface area contributed by atoms with Crippen molar-refractivity contribution in [1.29, 1.82) is 0 Å². The van der Waals surface area contributed by atoms with Gasteiger partial charge in [0.2, 0.25) is 5.95 Å². The van der Waals surface area contributed by atoms with E-state index in [1.807, 2.05) is 71.5 Å². The number of aliphatic hydroxyl groups excluding tert-OH is 1. The van der Waals surface area contributed by atoms with Gasteiger partial charge in [0.15, 0.2) is 0 Å². The lowest BCUT2D eigenvalue weighted by Crippen LogP contribution is -2.43. The standard InChI is InChI=1S/C29H26N8OS.CH4O/c1-39-36-14-12-35(13-15-36)27-9-7-22(17-31-27)33-29-30-11-10-23(34-29)24-18-32-28-8-6-21(19-37(24)28)26-16-20-4-2-3-5-25(20)38-26;1-2/h2-11,16-19H,12-15H2,1H3,(H,30,33,34);2H,1H3. The third-order valence-corrected chi connectivity index (χ3v) is 7.84. The van der Waals surface area contributed by atoms with Crippen molar-refractivity contribution in [2.24, 2.45) is 0 Å². The number of furan rings is 1. The molecule has 0 unspecified atom stereocenters. The van der Waals surface area contributed by atoms with Crippen molar-refractivity contribution in [2.45, 2.75) is 0 Å². The molecule has 2 N–H and O–H groups in total. The lowest BCUT2D eigenvalue weighted by molar-refractivity contribution is 0.399. The molecule has 1 aliphatic heterocycles. The van der Waals surface area contributed by atoms with Gasteiger partial charge in [0.05, 0.1) is 29.5 Å². The third-order valence-electron chi connectivity index (χ3n) is 6.96. The van der Waals surface area contributed by atoms with Gasteiger partial charge in [-0.25, -0.2) is 24.2 Å². The molecule has 1 aromatic carbocycles. The van der Waals surface area contributed by atoms with Crippen molar-refractivity contribution >= 4 is 46.0 Å². The number of aliphatic hydroxyl groups is 1. The Morgan fingerprint density at radius 1 is 0.902 bits per heavy atom. The number of pyridine rings is 2. The maximum atomic E-state index is 7.00. The number of nitrogens with one attached hydrogen (secondary N) is 1. The fourth-order valence-corrected chi connectivity index (χ4v) is 5.41. The summed E-state index contributed by atoms with van der Waals surface area (Å²) in [4.78, 5) is 20.8. The summed E-state index contributed by atoms with van der Waals surface area (Å²) in [5, 5.41) is 11.4. The molecule has 0 spiro atoms. The Morgan fingerprint density at radius 3 is 2.54 bits per heavy atom. The molecular weight excluding hydrogens is 536 g/mol. The van der Waals surface area contributed by atoms with Crippen LogP contribution in [-0.4, -0.2) is 73.3 Å². The summed E-state index contributed by atoms with van der Waals surface area (Å²) < 4.78 is 10.5. The lowest BCUT2D eigenvalue weighted by atomic mass is 10.2. The van der Waals surface area contributed by atoms with E-state index in [-0.39, 0.29) is 0 Å². The molecule has 1 saturated heterocycles. The topological polar surface area (TPSA) is 108 Å². The summed E-state index contributed by atoms with van der Waals surface area (Å²) in [6.45, 7) is 4.02. The van der Waals surface area contributed by atoms with E-state index in [1.165, 1.54) is 0 Å². The molecule has 6 heterocycles. The molecule has 0 bridgehead atoms. The van der Waals surface area contributed by atoms with Crippen molar-refractivity contribution in [3.05, 3.63) is 85.5 Å². The van der Waals surface area contributed by atoms with Crippen LogP contribution in [0.5, 0.6) is 0 Å². The predicted octanol–water partition coefficient (Wildman–Crippen LogP) is 5.35. The van der Waals surface area contributed by atoms with E-state index in [0.717, 1.165) is 84.1 Å². The summed E-state index contributed by atoms with van der Waals surface area (Å²) in [6, 6.07) is 20.0. The summed E-state index contributed by atoms with van der Waals surface area (Å²) in [5.74, 6) is 2.30. The molecule has 0 amide bonds. The van der Waals surface area contributed by atoms with Crippen LogP contribution in [-0.2, 0) is 0 Å². The van der Waals surface area contributed by atoms with Gasteiger partial charge < -0.3 is 19.7 Å². The number of hydrogen-bond acceptors (Lipinski definition) is 10. The van der Waals surface area contributed by atoms with Crippen LogP contribution < -0.4 is 10.2 Å². The Balaban J connectivity index is 0.00000148. The Hall–Kier alpha value is -4.45. The first-order chi connectivity index (χ1) is 20.2. The maximum Gasteiger partial charge on any atom is 0.227 e. The second kappa shape index (κ2) is 12.0. The molecule has 7 rings (SSSR count). The highest BCUT2D eigenvalue weighted by Gasteiger charge is 2.17.